The van der Waals surface area contributed by atoms with Crippen LogP contribution in [-0.4, -0.2) is 35.2 Å². The number of nitrogens with one attached hydrogen (secondary N) is 2. The molecule has 3 aromatic rings. The van der Waals surface area contributed by atoms with Crippen LogP contribution in [0.4, 0.5) is 21.3 Å². The number of hydrogen-bond donors (Lipinski definition) is 3. The highest BCUT2D eigenvalue weighted by molar-refractivity contribution is 7.98. The number of nitrogens with zero attached hydrogens (tertiary/aromatic N) is 2. The summed E-state index contributed by atoms with van der Waals surface area (Å²) in [5.41, 5.74) is 3.83. The molecule has 7 nitrogen and oxygen atoms in total. The van der Waals surface area contributed by atoms with Gasteiger partial charge in [-0.25, -0.2) is 9.78 Å². The van der Waals surface area contributed by atoms with Gasteiger partial charge in [-0.3, -0.25) is 10.1 Å². The minimum absolute atomic E-state index is 0.0268. The average molecular weight is 497 g/mol. The Bertz CT molecular complexity index is 1140. The van der Waals surface area contributed by atoms with Gasteiger partial charge in [0, 0.05) is 34.8 Å². The van der Waals surface area contributed by atoms with Crippen LogP contribution in [0.1, 0.15) is 35.3 Å². The molecule has 0 spiro atoms. The van der Waals surface area contributed by atoms with Crippen molar-refractivity contribution in [3.8, 4) is 0 Å². The van der Waals surface area contributed by atoms with Crippen molar-refractivity contribution < 1.29 is 14.7 Å². The van der Waals surface area contributed by atoms with Gasteiger partial charge in [0.05, 0.1) is 17.8 Å². The van der Waals surface area contributed by atoms with E-state index < -0.39 is 5.97 Å². The highest BCUT2D eigenvalue weighted by atomic mass is 32.2. The normalized spacial score (nSPS) is 13.5. The molecule has 4 rings (SSSR count). The first-order valence-electron chi connectivity index (χ1n) is 11.3. The number of carboxylic acid groups (broad SMARTS) is 1. The predicted molar refractivity (Wildman–Crippen MR) is 139 cm³/mol. The standard InChI is InChI=1S/C25H28N4O3S2/c1-17-5-10-21(22(13-17)29-11-3-2-4-12-29)27-24(32)28-25-26-15-20(34-25)16-33-19-8-6-18(7-9-19)14-23(30)31/h5-10,13,15H,2-4,11-12,14,16H2,1H3,(H,30,31)(H2,26,27,28,32). The average Bonchev–Trinajstić information content (AvgIpc) is 3.27. The highest BCUT2D eigenvalue weighted by Gasteiger charge is 2.17. The third-order valence-electron chi connectivity index (χ3n) is 5.53. The van der Waals surface area contributed by atoms with Crippen molar-refractivity contribution in [1.29, 1.82) is 0 Å². The molecule has 2 aromatic carbocycles. The first kappa shape index (κ1) is 24.1. The van der Waals surface area contributed by atoms with Gasteiger partial charge in [0.1, 0.15) is 0 Å². The summed E-state index contributed by atoms with van der Waals surface area (Å²) in [4.78, 5) is 32.3. The van der Waals surface area contributed by atoms with E-state index in [1.807, 2.05) is 36.4 Å². The van der Waals surface area contributed by atoms with E-state index in [9.17, 15) is 9.59 Å². The van der Waals surface area contributed by atoms with Crippen LogP contribution in [-0.2, 0) is 17.0 Å². The lowest BCUT2D eigenvalue weighted by atomic mass is 10.1. The minimum atomic E-state index is -0.834. The summed E-state index contributed by atoms with van der Waals surface area (Å²) < 4.78 is 0. The third-order valence-corrected chi connectivity index (χ3v) is 7.69. The van der Waals surface area contributed by atoms with Crippen molar-refractivity contribution >= 4 is 51.6 Å². The molecule has 1 aromatic heterocycles. The Morgan fingerprint density at radius 1 is 1.09 bits per heavy atom. The maximum absolute atomic E-state index is 12.7. The largest absolute Gasteiger partial charge is 0.481 e. The maximum Gasteiger partial charge on any atom is 0.325 e. The molecule has 3 N–H and O–H groups in total. The second-order valence-electron chi connectivity index (χ2n) is 8.28. The number of anilines is 3. The number of thioether (sulfide) groups is 1. The molecule has 0 unspecified atom stereocenters. The molecule has 0 bridgehead atoms. The fourth-order valence-electron chi connectivity index (χ4n) is 3.86. The molecule has 2 heterocycles. The van der Waals surface area contributed by atoms with Crippen molar-refractivity contribution in [1.82, 2.24) is 4.98 Å². The number of piperidine rings is 1. The van der Waals surface area contributed by atoms with Crippen molar-refractivity contribution in [2.24, 2.45) is 0 Å². The lowest BCUT2D eigenvalue weighted by Crippen LogP contribution is -2.31. The molecular formula is C25H28N4O3S2. The first-order chi connectivity index (χ1) is 16.5. The zero-order valence-electron chi connectivity index (χ0n) is 19.0. The van der Waals surface area contributed by atoms with E-state index >= 15 is 0 Å². The van der Waals surface area contributed by atoms with E-state index in [1.54, 1.807) is 18.0 Å². The number of rotatable bonds is 8. The van der Waals surface area contributed by atoms with Gasteiger partial charge >= 0.3 is 12.0 Å². The van der Waals surface area contributed by atoms with Gasteiger partial charge < -0.3 is 15.3 Å². The van der Waals surface area contributed by atoms with Gasteiger partial charge in [-0.1, -0.05) is 18.2 Å². The smallest absolute Gasteiger partial charge is 0.325 e. The molecule has 1 aliphatic heterocycles. The van der Waals surface area contributed by atoms with Gasteiger partial charge in [-0.15, -0.1) is 23.1 Å². The molecule has 0 aliphatic carbocycles. The number of carbonyl (C=O) groups excluding carboxylic acids is 1. The highest BCUT2D eigenvalue weighted by Crippen LogP contribution is 2.31. The van der Waals surface area contributed by atoms with E-state index in [2.05, 4.69) is 33.5 Å². The van der Waals surface area contributed by atoms with E-state index in [-0.39, 0.29) is 12.5 Å². The number of carboxylic acids is 1. The molecule has 2 amide bonds. The molecule has 0 radical (unpaired) electrons. The number of carbonyl (C=O) groups is 2. The minimum Gasteiger partial charge on any atom is -0.481 e. The Balaban J connectivity index is 1.32. The SMILES string of the molecule is Cc1ccc(NC(=O)Nc2ncc(CSc3ccc(CC(=O)O)cc3)s2)c(N2CCCCC2)c1. The van der Waals surface area contributed by atoms with E-state index in [0.717, 1.165) is 45.6 Å². The number of thiazole rings is 1. The van der Waals surface area contributed by atoms with Crippen molar-refractivity contribution in [3.05, 3.63) is 64.7 Å². The zero-order chi connectivity index (χ0) is 23.9. The van der Waals surface area contributed by atoms with Crippen LogP contribution in [0.5, 0.6) is 0 Å². The van der Waals surface area contributed by atoms with Gasteiger partial charge in [-0.05, 0) is 61.6 Å². The lowest BCUT2D eigenvalue weighted by molar-refractivity contribution is -0.136. The topological polar surface area (TPSA) is 94.6 Å². The fraction of sp³-hybridized carbons (Fsp3) is 0.320. The quantitative estimate of drug-likeness (QED) is 0.331. The Hall–Kier alpha value is -3.04. The number of hydrogen-bond acceptors (Lipinski definition) is 6. The summed E-state index contributed by atoms with van der Waals surface area (Å²) in [5.74, 6) is -0.115. The van der Waals surface area contributed by atoms with E-state index in [4.69, 9.17) is 5.11 Å². The molecule has 34 heavy (non-hydrogen) atoms. The molecule has 9 heteroatoms. The van der Waals surface area contributed by atoms with Gasteiger partial charge in [-0.2, -0.15) is 0 Å². The van der Waals surface area contributed by atoms with E-state index in [0.29, 0.717) is 5.13 Å². The molecule has 1 aliphatic rings. The van der Waals surface area contributed by atoms with Crippen LogP contribution in [0.25, 0.3) is 0 Å². The van der Waals surface area contributed by atoms with Gasteiger partial charge in [0.15, 0.2) is 5.13 Å². The molecule has 178 valence electrons. The maximum atomic E-state index is 12.7. The summed E-state index contributed by atoms with van der Waals surface area (Å²) in [5, 5.41) is 15.3. The van der Waals surface area contributed by atoms with Crippen molar-refractivity contribution in [2.45, 2.75) is 43.3 Å². The van der Waals surface area contributed by atoms with Crippen molar-refractivity contribution in [2.75, 3.05) is 28.6 Å². The number of aliphatic carboxylic acids is 1. The monoisotopic (exact) mass is 496 g/mol. The lowest BCUT2D eigenvalue weighted by Gasteiger charge is -2.30. The second kappa shape index (κ2) is 11.4. The summed E-state index contributed by atoms with van der Waals surface area (Å²) in [6, 6.07) is 13.3. The predicted octanol–water partition coefficient (Wildman–Crippen LogP) is 6.01. The molecular weight excluding hydrogens is 468 g/mol. The first-order valence-corrected chi connectivity index (χ1v) is 13.1. The number of benzene rings is 2. The Kier molecular flexibility index (Phi) is 8.08. The summed E-state index contributed by atoms with van der Waals surface area (Å²) >= 11 is 3.09. The summed E-state index contributed by atoms with van der Waals surface area (Å²) in [7, 11) is 0. The van der Waals surface area contributed by atoms with Crippen LogP contribution in [0, 0.1) is 6.92 Å². The zero-order valence-corrected chi connectivity index (χ0v) is 20.7. The number of aromatic nitrogens is 1. The number of amides is 2. The summed E-state index contributed by atoms with van der Waals surface area (Å²) in [6.45, 7) is 4.09. The van der Waals surface area contributed by atoms with Crippen molar-refractivity contribution in [3.63, 3.8) is 0 Å². The Morgan fingerprint density at radius 2 is 1.85 bits per heavy atom. The van der Waals surface area contributed by atoms with Crippen LogP contribution in [0.3, 0.4) is 0 Å². The molecule has 1 saturated heterocycles. The number of urea groups is 1. The summed E-state index contributed by atoms with van der Waals surface area (Å²) in [6.07, 6.45) is 5.40. The molecule has 1 fully saturated rings. The van der Waals surface area contributed by atoms with Crippen LogP contribution < -0.4 is 15.5 Å². The Morgan fingerprint density at radius 3 is 2.59 bits per heavy atom. The van der Waals surface area contributed by atoms with Crippen LogP contribution in [0.2, 0.25) is 0 Å². The van der Waals surface area contributed by atoms with Crippen LogP contribution in [0.15, 0.2) is 53.6 Å². The van der Waals surface area contributed by atoms with E-state index in [1.165, 1.54) is 36.2 Å². The third kappa shape index (κ3) is 6.74. The molecule has 0 saturated carbocycles. The molecule has 0 atom stereocenters. The second-order valence-corrected chi connectivity index (χ2v) is 10.4. The number of aryl methyl sites for hydroxylation is 1. The van der Waals surface area contributed by atoms with Gasteiger partial charge in [0.25, 0.3) is 0 Å². The van der Waals surface area contributed by atoms with Crippen LogP contribution >= 0.6 is 23.1 Å². The fourth-order valence-corrected chi connectivity index (χ4v) is 5.59. The Labute approximate surface area is 207 Å². The van der Waals surface area contributed by atoms with Gasteiger partial charge in [0.2, 0.25) is 0 Å².